The van der Waals surface area contributed by atoms with E-state index in [1.54, 1.807) is 13.8 Å². The number of carbonyl (C=O) groups excluding carboxylic acids is 1. The molecule has 1 aromatic carbocycles. The topological polar surface area (TPSA) is 128 Å². The van der Waals surface area contributed by atoms with E-state index in [0.29, 0.717) is 10.9 Å². The number of ketones is 1. The Balaban J connectivity index is 0.00000146. The molecule has 2 rings (SSSR count). The molecular formula is C18H27NO6S. The van der Waals surface area contributed by atoms with Crippen LogP contribution >= 0.6 is 0 Å². The highest BCUT2D eigenvalue weighted by molar-refractivity contribution is 7.86. The van der Waals surface area contributed by atoms with Crippen LogP contribution in [0.2, 0.25) is 0 Å². The zero-order valence-electron chi connectivity index (χ0n) is 16.0. The van der Waals surface area contributed by atoms with Crippen molar-refractivity contribution in [3.63, 3.8) is 0 Å². The molecule has 0 bridgehead atoms. The number of nitrogens with two attached hydrogens (primary N) is 1. The monoisotopic (exact) mass is 385 g/mol. The van der Waals surface area contributed by atoms with Crippen molar-refractivity contribution in [2.45, 2.75) is 59.3 Å². The van der Waals surface area contributed by atoms with Crippen LogP contribution in [0.25, 0.3) is 11.0 Å². The minimum absolute atomic E-state index is 0.0911. The fraction of sp³-hybridized carbons (Fsp3) is 0.444. The van der Waals surface area contributed by atoms with Crippen LogP contribution in [0.4, 0.5) is 5.69 Å². The molecule has 146 valence electrons. The summed E-state index contributed by atoms with van der Waals surface area (Å²) in [5, 5.41) is 0.306. The number of benzene rings is 1. The van der Waals surface area contributed by atoms with Gasteiger partial charge < -0.3 is 10.2 Å². The minimum Gasteiger partial charge on any atom is -0.422 e. The molecular weight excluding hydrogens is 358 g/mol. The molecule has 0 amide bonds. The zero-order chi connectivity index (χ0) is 20.7. The number of nitrogen functional groups attached to an aromatic ring is 1. The molecule has 2 aromatic rings. The summed E-state index contributed by atoms with van der Waals surface area (Å²) in [7, 11) is -4.50. The molecule has 0 atom stereocenters. The Labute approximate surface area is 154 Å². The van der Waals surface area contributed by atoms with Gasteiger partial charge in [-0.05, 0) is 18.6 Å². The molecule has 0 saturated carbocycles. The standard InChI is InChI=1S/C14H15NO6S.2C2H6/c1-3-8(16)4-10-7(2)9-5-13(22(18,19)20)11(15)6-12(9)21-14(10)17;2*1-2/h5-6H,3-4,15H2,1-2H3,(H,18,19,20);2*1-2H3. The lowest BCUT2D eigenvalue weighted by Crippen LogP contribution is -2.15. The van der Waals surface area contributed by atoms with Crippen molar-refractivity contribution in [2.24, 2.45) is 0 Å². The second-order valence-electron chi connectivity index (χ2n) is 4.92. The smallest absolute Gasteiger partial charge is 0.340 e. The number of Topliss-reactive ketones (excluding diaryl/α,β-unsaturated/α-hetero) is 1. The van der Waals surface area contributed by atoms with Crippen molar-refractivity contribution in [1.82, 2.24) is 0 Å². The van der Waals surface area contributed by atoms with Gasteiger partial charge in [0.25, 0.3) is 10.1 Å². The van der Waals surface area contributed by atoms with Crippen LogP contribution in [0.3, 0.4) is 0 Å². The molecule has 0 unspecified atom stereocenters. The van der Waals surface area contributed by atoms with Crippen LogP contribution < -0.4 is 11.4 Å². The van der Waals surface area contributed by atoms with E-state index in [1.807, 2.05) is 27.7 Å². The maximum atomic E-state index is 12.0. The van der Waals surface area contributed by atoms with Gasteiger partial charge in [0, 0.05) is 29.9 Å². The number of hydrogen-bond acceptors (Lipinski definition) is 6. The van der Waals surface area contributed by atoms with E-state index in [2.05, 4.69) is 0 Å². The Morgan fingerprint density at radius 2 is 1.73 bits per heavy atom. The van der Waals surface area contributed by atoms with Crippen molar-refractivity contribution in [1.29, 1.82) is 0 Å². The largest absolute Gasteiger partial charge is 0.422 e. The maximum Gasteiger partial charge on any atom is 0.340 e. The van der Waals surface area contributed by atoms with Gasteiger partial charge in [-0.3, -0.25) is 9.35 Å². The van der Waals surface area contributed by atoms with E-state index in [4.69, 9.17) is 10.2 Å². The molecule has 0 aliphatic heterocycles. The number of aryl methyl sites for hydroxylation is 1. The first-order valence-corrected chi connectivity index (χ1v) is 9.94. The van der Waals surface area contributed by atoms with E-state index in [-0.39, 0.29) is 35.5 Å². The molecule has 0 radical (unpaired) electrons. The van der Waals surface area contributed by atoms with Gasteiger partial charge in [0.1, 0.15) is 16.3 Å². The molecule has 1 heterocycles. The summed E-state index contributed by atoms with van der Waals surface area (Å²) in [6.45, 7) is 11.3. The SMILES string of the molecule is CC.CC.CCC(=O)Cc1c(C)c2cc(S(=O)(=O)O)c(N)cc2oc1=O. The lowest BCUT2D eigenvalue weighted by Gasteiger charge is -2.09. The number of carbonyl (C=O) groups is 1. The number of fused-ring (bicyclic) bond motifs is 1. The predicted octanol–water partition coefficient (Wildman–Crippen LogP) is 3.50. The second kappa shape index (κ2) is 10.1. The van der Waals surface area contributed by atoms with Gasteiger partial charge in [0.2, 0.25) is 0 Å². The van der Waals surface area contributed by atoms with Gasteiger partial charge in [-0.25, -0.2) is 4.79 Å². The fourth-order valence-electron chi connectivity index (χ4n) is 2.18. The van der Waals surface area contributed by atoms with Crippen molar-refractivity contribution in [3.8, 4) is 0 Å². The Morgan fingerprint density at radius 1 is 1.19 bits per heavy atom. The summed E-state index contributed by atoms with van der Waals surface area (Å²) < 4.78 is 36.9. The van der Waals surface area contributed by atoms with E-state index in [1.165, 1.54) is 0 Å². The number of hydrogen-bond donors (Lipinski definition) is 2. The van der Waals surface area contributed by atoms with Crippen molar-refractivity contribution in [3.05, 3.63) is 33.7 Å². The van der Waals surface area contributed by atoms with Crippen LogP contribution in [0, 0.1) is 6.92 Å². The summed E-state index contributed by atoms with van der Waals surface area (Å²) >= 11 is 0. The summed E-state index contributed by atoms with van der Waals surface area (Å²) in [5.41, 5.74) is 5.37. The Hall–Kier alpha value is -2.19. The summed E-state index contributed by atoms with van der Waals surface area (Å²) in [5.74, 6) is -0.139. The van der Waals surface area contributed by atoms with Crippen LogP contribution in [-0.4, -0.2) is 18.8 Å². The van der Waals surface area contributed by atoms with E-state index in [9.17, 15) is 22.6 Å². The molecule has 8 heteroatoms. The highest BCUT2D eigenvalue weighted by Crippen LogP contribution is 2.28. The average molecular weight is 385 g/mol. The minimum atomic E-state index is -4.50. The van der Waals surface area contributed by atoms with Crippen molar-refractivity contribution in [2.75, 3.05) is 5.73 Å². The average Bonchev–Trinajstić information content (AvgIpc) is 2.60. The van der Waals surface area contributed by atoms with E-state index < -0.39 is 20.6 Å². The lowest BCUT2D eigenvalue weighted by molar-refractivity contribution is -0.118. The van der Waals surface area contributed by atoms with Crippen molar-refractivity contribution >= 4 is 32.6 Å². The van der Waals surface area contributed by atoms with Gasteiger partial charge in [0.15, 0.2) is 0 Å². The van der Waals surface area contributed by atoms with Crippen molar-refractivity contribution < 1.29 is 22.2 Å². The van der Waals surface area contributed by atoms with Crippen LogP contribution in [0.15, 0.2) is 26.2 Å². The van der Waals surface area contributed by atoms with Crippen LogP contribution in [0.5, 0.6) is 0 Å². The lowest BCUT2D eigenvalue weighted by atomic mass is 10.0. The molecule has 0 aliphatic rings. The maximum absolute atomic E-state index is 12.0. The quantitative estimate of drug-likeness (QED) is 0.468. The Kier molecular flexibility index (Phi) is 9.23. The molecule has 0 saturated heterocycles. The molecule has 26 heavy (non-hydrogen) atoms. The summed E-state index contributed by atoms with van der Waals surface area (Å²) in [6.07, 6.45) is 0.182. The molecule has 0 spiro atoms. The molecule has 1 aromatic heterocycles. The van der Waals surface area contributed by atoms with E-state index >= 15 is 0 Å². The third-order valence-corrected chi connectivity index (χ3v) is 4.37. The predicted molar refractivity (Wildman–Crippen MR) is 103 cm³/mol. The highest BCUT2D eigenvalue weighted by atomic mass is 32.2. The Morgan fingerprint density at radius 3 is 2.19 bits per heavy atom. The molecule has 0 fully saturated rings. The van der Waals surface area contributed by atoms with E-state index in [0.717, 1.165) is 12.1 Å². The fourth-order valence-corrected chi connectivity index (χ4v) is 2.80. The first kappa shape index (κ1) is 23.8. The highest BCUT2D eigenvalue weighted by Gasteiger charge is 2.19. The first-order valence-electron chi connectivity index (χ1n) is 8.50. The van der Waals surface area contributed by atoms with Gasteiger partial charge in [-0.2, -0.15) is 8.42 Å². The van der Waals surface area contributed by atoms with Gasteiger partial charge in [-0.1, -0.05) is 34.6 Å². The normalized spacial score (nSPS) is 10.4. The number of anilines is 1. The molecule has 3 N–H and O–H groups in total. The summed E-state index contributed by atoms with van der Waals surface area (Å²) in [6, 6.07) is 2.30. The van der Waals surface area contributed by atoms with Gasteiger partial charge in [-0.15, -0.1) is 0 Å². The second-order valence-corrected chi connectivity index (χ2v) is 6.31. The van der Waals surface area contributed by atoms with Crippen LogP contribution in [-0.2, 0) is 21.3 Å². The third-order valence-electron chi connectivity index (χ3n) is 3.46. The first-order chi connectivity index (χ1) is 12.1. The third kappa shape index (κ3) is 5.40. The zero-order valence-corrected chi connectivity index (χ0v) is 16.9. The van der Waals surface area contributed by atoms with Gasteiger partial charge >= 0.3 is 5.63 Å². The molecule has 7 nitrogen and oxygen atoms in total. The Bertz CT molecular complexity index is 929. The summed E-state index contributed by atoms with van der Waals surface area (Å²) in [4.78, 5) is 23.1. The number of rotatable bonds is 4. The molecule has 0 aliphatic carbocycles. The van der Waals surface area contributed by atoms with Crippen LogP contribution in [0.1, 0.15) is 52.2 Å². The van der Waals surface area contributed by atoms with Gasteiger partial charge in [0.05, 0.1) is 5.69 Å².